The van der Waals surface area contributed by atoms with Gasteiger partial charge in [0.2, 0.25) is 5.91 Å². The van der Waals surface area contributed by atoms with Crippen LogP contribution in [0.3, 0.4) is 0 Å². The van der Waals surface area contributed by atoms with E-state index in [1.807, 2.05) is 31.2 Å². The SMILES string of the molecule is COc1cccc(C(C)CC(=O)NC2(C(=O)O)CCSC2)c1. The molecule has 1 aliphatic rings. The number of rotatable bonds is 6. The highest BCUT2D eigenvalue weighted by Gasteiger charge is 2.43. The van der Waals surface area contributed by atoms with Crippen molar-refractivity contribution in [2.45, 2.75) is 31.2 Å². The maximum Gasteiger partial charge on any atom is 0.330 e. The molecule has 1 saturated heterocycles. The van der Waals surface area contributed by atoms with Crippen LogP contribution >= 0.6 is 11.8 Å². The summed E-state index contributed by atoms with van der Waals surface area (Å²) in [5.74, 6) is 0.772. The number of benzene rings is 1. The minimum absolute atomic E-state index is 0.00463. The van der Waals surface area contributed by atoms with E-state index in [2.05, 4.69) is 5.32 Å². The van der Waals surface area contributed by atoms with Crippen molar-refractivity contribution in [3.63, 3.8) is 0 Å². The Kier molecular flexibility index (Phi) is 5.34. The van der Waals surface area contributed by atoms with E-state index in [0.29, 0.717) is 12.2 Å². The average Bonchev–Trinajstić information content (AvgIpc) is 2.97. The molecule has 1 heterocycles. The van der Waals surface area contributed by atoms with Crippen molar-refractivity contribution in [1.82, 2.24) is 5.32 Å². The Labute approximate surface area is 134 Å². The number of carboxylic acid groups (broad SMARTS) is 1. The molecule has 2 unspecified atom stereocenters. The van der Waals surface area contributed by atoms with Crippen LogP contribution in [0.4, 0.5) is 0 Å². The van der Waals surface area contributed by atoms with Crippen LogP contribution in [0.2, 0.25) is 0 Å². The summed E-state index contributed by atoms with van der Waals surface area (Å²) in [6.45, 7) is 1.95. The number of thioether (sulfide) groups is 1. The topological polar surface area (TPSA) is 75.6 Å². The number of nitrogens with one attached hydrogen (secondary N) is 1. The Morgan fingerprint density at radius 1 is 1.50 bits per heavy atom. The molecule has 1 amide bonds. The second-order valence-corrected chi connectivity index (χ2v) is 6.72. The molecule has 1 aromatic carbocycles. The molecule has 120 valence electrons. The first-order chi connectivity index (χ1) is 10.5. The molecule has 5 nitrogen and oxygen atoms in total. The molecule has 6 heteroatoms. The maximum absolute atomic E-state index is 12.2. The summed E-state index contributed by atoms with van der Waals surface area (Å²) in [6, 6.07) is 7.58. The Hall–Kier alpha value is -1.69. The highest BCUT2D eigenvalue weighted by molar-refractivity contribution is 7.99. The number of carbonyl (C=O) groups excluding carboxylic acids is 1. The fourth-order valence-electron chi connectivity index (χ4n) is 2.55. The highest BCUT2D eigenvalue weighted by Crippen LogP contribution is 2.29. The molecule has 2 rings (SSSR count). The number of carboxylic acids is 1. The number of methoxy groups -OCH3 is 1. The van der Waals surface area contributed by atoms with Gasteiger partial charge in [-0.2, -0.15) is 11.8 Å². The first kappa shape index (κ1) is 16.7. The third-order valence-corrected chi connectivity index (χ3v) is 5.15. The Balaban J connectivity index is 2.00. The lowest BCUT2D eigenvalue weighted by molar-refractivity contribution is -0.146. The van der Waals surface area contributed by atoms with Gasteiger partial charge in [0.05, 0.1) is 7.11 Å². The standard InChI is InChI=1S/C16H21NO4S/c1-11(12-4-3-5-13(9-12)21-2)8-14(18)17-16(15(19)20)6-7-22-10-16/h3-5,9,11H,6-8,10H2,1-2H3,(H,17,18)(H,19,20). The first-order valence-corrected chi connectivity index (χ1v) is 8.38. The number of hydrogen-bond acceptors (Lipinski definition) is 4. The Morgan fingerprint density at radius 3 is 2.86 bits per heavy atom. The van der Waals surface area contributed by atoms with Gasteiger partial charge in [-0.1, -0.05) is 19.1 Å². The largest absolute Gasteiger partial charge is 0.497 e. The van der Waals surface area contributed by atoms with Gasteiger partial charge in [0.25, 0.3) is 0 Å². The molecule has 0 aromatic heterocycles. The van der Waals surface area contributed by atoms with Gasteiger partial charge in [-0.15, -0.1) is 0 Å². The summed E-state index contributed by atoms with van der Waals surface area (Å²) >= 11 is 1.56. The van der Waals surface area contributed by atoms with Crippen molar-refractivity contribution in [2.75, 3.05) is 18.6 Å². The first-order valence-electron chi connectivity index (χ1n) is 7.23. The zero-order valence-corrected chi connectivity index (χ0v) is 13.6. The van der Waals surface area contributed by atoms with Crippen LogP contribution in [0.1, 0.15) is 31.2 Å². The van der Waals surface area contributed by atoms with Gasteiger partial charge in [0.15, 0.2) is 0 Å². The van der Waals surface area contributed by atoms with Crippen LogP contribution in [-0.4, -0.2) is 41.1 Å². The molecule has 1 aliphatic heterocycles. The number of ether oxygens (including phenoxy) is 1. The van der Waals surface area contributed by atoms with Crippen LogP contribution in [0, 0.1) is 0 Å². The molecule has 0 saturated carbocycles. The molecule has 0 aliphatic carbocycles. The fourth-order valence-corrected chi connectivity index (χ4v) is 3.87. The van der Waals surface area contributed by atoms with Gasteiger partial charge in [0, 0.05) is 12.2 Å². The van der Waals surface area contributed by atoms with Crippen LogP contribution in [0.15, 0.2) is 24.3 Å². The molecule has 1 fully saturated rings. The van der Waals surface area contributed by atoms with Crippen molar-refractivity contribution in [2.24, 2.45) is 0 Å². The number of carbonyl (C=O) groups is 2. The van der Waals surface area contributed by atoms with Gasteiger partial charge >= 0.3 is 5.97 Å². The van der Waals surface area contributed by atoms with E-state index in [-0.39, 0.29) is 18.2 Å². The molecule has 0 bridgehead atoms. The molecule has 1 aromatic rings. The van der Waals surface area contributed by atoms with Crippen molar-refractivity contribution in [3.8, 4) is 5.75 Å². The second kappa shape index (κ2) is 7.05. The van der Waals surface area contributed by atoms with E-state index >= 15 is 0 Å². The number of amides is 1. The van der Waals surface area contributed by atoms with Gasteiger partial charge in [0.1, 0.15) is 11.3 Å². The monoisotopic (exact) mass is 323 g/mol. The van der Waals surface area contributed by atoms with E-state index in [1.165, 1.54) is 0 Å². The van der Waals surface area contributed by atoms with Crippen LogP contribution in [0.5, 0.6) is 5.75 Å². The summed E-state index contributed by atoms with van der Waals surface area (Å²) in [5.41, 5.74) is -0.102. The summed E-state index contributed by atoms with van der Waals surface area (Å²) in [6.07, 6.45) is 0.735. The zero-order valence-electron chi connectivity index (χ0n) is 12.8. The summed E-state index contributed by atoms with van der Waals surface area (Å²) in [5, 5.41) is 12.1. The lowest BCUT2D eigenvalue weighted by Crippen LogP contribution is -2.54. The smallest absolute Gasteiger partial charge is 0.330 e. The maximum atomic E-state index is 12.2. The lowest BCUT2D eigenvalue weighted by Gasteiger charge is -2.25. The normalized spacial score (nSPS) is 22.1. The van der Waals surface area contributed by atoms with Crippen LogP contribution in [-0.2, 0) is 9.59 Å². The molecule has 22 heavy (non-hydrogen) atoms. The second-order valence-electron chi connectivity index (χ2n) is 5.62. The van der Waals surface area contributed by atoms with Crippen LogP contribution in [0.25, 0.3) is 0 Å². The Morgan fingerprint density at radius 2 is 2.27 bits per heavy atom. The van der Waals surface area contributed by atoms with E-state index in [0.717, 1.165) is 17.1 Å². The molecular weight excluding hydrogens is 302 g/mol. The number of aliphatic carboxylic acids is 1. The van der Waals surface area contributed by atoms with E-state index in [1.54, 1.807) is 18.9 Å². The van der Waals surface area contributed by atoms with Crippen molar-refractivity contribution < 1.29 is 19.4 Å². The number of hydrogen-bond donors (Lipinski definition) is 2. The predicted octanol–water partition coefficient (Wildman–Crippen LogP) is 2.27. The average molecular weight is 323 g/mol. The third kappa shape index (κ3) is 3.74. The minimum Gasteiger partial charge on any atom is -0.497 e. The summed E-state index contributed by atoms with van der Waals surface area (Å²) < 4.78 is 5.18. The summed E-state index contributed by atoms with van der Waals surface area (Å²) in [4.78, 5) is 23.7. The quantitative estimate of drug-likeness (QED) is 0.840. The van der Waals surface area contributed by atoms with Crippen molar-refractivity contribution in [1.29, 1.82) is 0 Å². The van der Waals surface area contributed by atoms with Crippen molar-refractivity contribution in [3.05, 3.63) is 29.8 Å². The fraction of sp³-hybridized carbons (Fsp3) is 0.500. The van der Waals surface area contributed by atoms with Gasteiger partial charge in [-0.25, -0.2) is 4.79 Å². The molecule has 0 radical (unpaired) electrons. The van der Waals surface area contributed by atoms with Gasteiger partial charge < -0.3 is 15.2 Å². The molecule has 2 atom stereocenters. The minimum atomic E-state index is -1.10. The molecule has 2 N–H and O–H groups in total. The van der Waals surface area contributed by atoms with E-state index in [4.69, 9.17) is 4.74 Å². The van der Waals surface area contributed by atoms with Crippen molar-refractivity contribution >= 4 is 23.6 Å². The zero-order chi connectivity index (χ0) is 16.2. The molecule has 0 spiro atoms. The Bertz CT molecular complexity index is 555. The van der Waals surface area contributed by atoms with Gasteiger partial charge in [-0.05, 0) is 35.8 Å². The highest BCUT2D eigenvalue weighted by atomic mass is 32.2. The third-order valence-electron chi connectivity index (χ3n) is 3.96. The predicted molar refractivity (Wildman–Crippen MR) is 86.5 cm³/mol. The van der Waals surface area contributed by atoms with E-state index in [9.17, 15) is 14.7 Å². The molecular formula is C16H21NO4S. The van der Waals surface area contributed by atoms with Gasteiger partial charge in [-0.3, -0.25) is 4.79 Å². The summed E-state index contributed by atoms with van der Waals surface area (Å²) in [7, 11) is 1.60. The van der Waals surface area contributed by atoms with E-state index < -0.39 is 11.5 Å². The van der Waals surface area contributed by atoms with Crippen LogP contribution < -0.4 is 10.1 Å². The lowest BCUT2D eigenvalue weighted by atomic mass is 9.95.